The summed E-state index contributed by atoms with van der Waals surface area (Å²) in [5.41, 5.74) is -1.22. The number of esters is 1. The number of phenolic OH excluding ortho intramolecular Hbond substituents is 1. The molecule has 1 aromatic carbocycles. The molecule has 32 heavy (non-hydrogen) atoms. The summed E-state index contributed by atoms with van der Waals surface area (Å²) >= 11 is 0. The van der Waals surface area contributed by atoms with Gasteiger partial charge in [-0.15, -0.1) is 0 Å². The van der Waals surface area contributed by atoms with Crippen LogP contribution >= 0.6 is 0 Å². The van der Waals surface area contributed by atoms with Crippen LogP contribution in [-0.4, -0.2) is 53.0 Å². The van der Waals surface area contributed by atoms with Crippen molar-refractivity contribution in [2.24, 2.45) is 0 Å². The molecule has 0 saturated heterocycles. The lowest BCUT2D eigenvalue weighted by molar-refractivity contribution is -0.467. The maximum absolute atomic E-state index is 13.5. The maximum Gasteiger partial charge on any atom is 0.473 e. The van der Waals surface area contributed by atoms with Crippen LogP contribution in [0.5, 0.6) is 5.75 Å². The van der Waals surface area contributed by atoms with Crippen LogP contribution in [0.25, 0.3) is 0 Å². The van der Waals surface area contributed by atoms with E-state index in [4.69, 9.17) is 5.11 Å². The molecule has 0 saturated carbocycles. The van der Waals surface area contributed by atoms with Crippen LogP contribution in [0.1, 0.15) is 10.4 Å². The minimum atomic E-state index is -8.48. The molecule has 3 nitrogen and oxygen atoms in total. The lowest BCUT2D eigenvalue weighted by Gasteiger charge is -2.40. The van der Waals surface area contributed by atoms with Gasteiger partial charge in [-0.2, -0.15) is 65.9 Å². The lowest BCUT2D eigenvalue weighted by atomic mass is 9.93. The summed E-state index contributed by atoms with van der Waals surface area (Å²) in [4.78, 5) is 11.3. The van der Waals surface area contributed by atoms with Crippen LogP contribution in [0.15, 0.2) is 24.3 Å². The Morgan fingerprint density at radius 1 is 0.594 bits per heavy atom. The molecule has 0 aliphatic heterocycles. The summed E-state index contributed by atoms with van der Waals surface area (Å²) in [7, 11) is 0. The van der Waals surface area contributed by atoms with E-state index in [9.17, 15) is 70.7 Å². The maximum atomic E-state index is 13.5. The average molecular weight is 506 g/mol. The standard InChI is InChI=1S/C14H5F15O3/c15-8(16,9(17,18)11(21,22)13(25,26)27)10(19,20)12(23,24)14(28,29)32-7(31)5-1-3-6(30)4-2-5/h1-4,30H. The molecule has 18 heteroatoms. The highest BCUT2D eigenvalue weighted by molar-refractivity contribution is 5.89. The van der Waals surface area contributed by atoms with E-state index in [1.54, 1.807) is 0 Å². The highest BCUT2D eigenvalue weighted by atomic mass is 19.4. The summed E-state index contributed by atoms with van der Waals surface area (Å²) in [5.74, 6) is -44.6. The Morgan fingerprint density at radius 2 is 0.938 bits per heavy atom. The van der Waals surface area contributed by atoms with Crippen molar-refractivity contribution < 1.29 is 80.5 Å². The summed E-state index contributed by atoms with van der Waals surface area (Å²) in [6, 6.07) is 1.73. The van der Waals surface area contributed by atoms with Crippen molar-refractivity contribution in [3.63, 3.8) is 0 Å². The van der Waals surface area contributed by atoms with Crippen molar-refractivity contribution in [1.82, 2.24) is 0 Å². The van der Waals surface area contributed by atoms with Gasteiger partial charge in [-0.25, -0.2) is 4.79 Å². The molecule has 1 N–H and O–H groups in total. The molecular formula is C14H5F15O3. The molecule has 0 heterocycles. The fourth-order valence-electron chi connectivity index (χ4n) is 1.79. The first-order chi connectivity index (χ1) is 13.9. The number of carbonyl (C=O) groups is 1. The first-order valence-corrected chi connectivity index (χ1v) is 7.24. The Labute approximate surface area is 165 Å². The Bertz CT molecular complexity index is 842. The van der Waals surface area contributed by atoms with Gasteiger partial charge in [0.2, 0.25) is 0 Å². The van der Waals surface area contributed by atoms with Gasteiger partial charge in [0.1, 0.15) is 5.75 Å². The second-order valence-electron chi connectivity index (χ2n) is 5.82. The van der Waals surface area contributed by atoms with Gasteiger partial charge in [0.25, 0.3) is 0 Å². The number of hydrogen-bond donors (Lipinski definition) is 1. The highest BCUT2D eigenvalue weighted by Crippen LogP contribution is 2.62. The topological polar surface area (TPSA) is 46.5 Å². The molecule has 0 aliphatic rings. The van der Waals surface area contributed by atoms with Crippen LogP contribution in [0.4, 0.5) is 65.9 Å². The predicted molar refractivity (Wildman–Crippen MR) is 69.3 cm³/mol. The molecule has 0 radical (unpaired) electrons. The predicted octanol–water partition coefficient (Wildman–Crippen LogP) is 5.88. The minimum Gasteiger partial charge on any atom is -0.508 e. The molecule has 184 valence electrons. The van der Waals surface area contributed by atoms with Crippen LogP contribution in [0.2, 0.25) is 0 Å². The smallest absolute Gasteiger partial charge is 0.473 e. The number of halogens is 15. The van der Waals surface area contributed by atoms with Crippen molar-refractivity contribution in [1.29, 1.82) is 0 Å². The van der Waals surface area contributed by atoms with Gasteiger partial charge < -0.3 is 9.84 Å². The molecule has 0 atom stereocenters. The number of carbonyl (C=O) groups excluding carboxylic acids is 1. The minimum absolute atomic E-state index is 0.344. The molecular weight excluding hydrogens is 501 g/mol. The SMILES string of the molecule is O=C(OC(F)(F)C(F)(F)C(F)(F)C(F)(F)C(F)(F)C(F)(F)C(F)(F)F)c1ccc(O)cc1. The van der Waals surface area contributed by atoms with Crippen LogP contribution < -0.4 is 0 Å². The number of hydrogen-bond acceptors (Lipinski definition) is 3. The normalized spacial score (nSPS) is 15.0. The number of ether oxygens (including phenoxy) is 1. The van der Waals surface area contributed by atoms with Gasteiger partial charge >= 0.3 is 47.9 Å². The Balaban J connectivity index is 3.45. The molecule has 1 aromatic rings. The average Bonchev–Trinajstić information content (AvgIpc) is 2.59. The molecule has 1 rings (SSSR count). The van der Waals surface area contributed by atoms with Crippen molar-refractivity contribution in [3.05, 3.63) is 29.8 Å². The molecule has 0 spiro atoms. The Hall–Kier alpha value is -2.56. The van der Waals surface area contributed by atoms with E-state index in [0.29, 0.717) is 24.3 Å². The number of phenols is 1. The zero-order valence-electron chi connectivity index (χ0n) is 14.2. The van der Waals surface area contributed by atoms with Crippen molar-refractivity contribution in [2.45, 2.75) is 41.9 Å². The Morgan fingerprint density at radius 3 is 1.31 bits per heavy atom. The van der Waals surface area contributed by atoms with E-state index in [-0.39, 0.29) is 0 Å². The Kier molecular flexibility index (Phi) is 6.44. The summed E-state index contributed by atoms with van der Waals surface area (Å²) in [6.45, 7) is 0. The van der Waals surface area contributed by atoms with Crippen molar-refractivity contribution in [3.8, 4) is 5.75 Å². The second-order valence-corrected chi connectivity index (χ2v) is 5.82. The molecule has 0 aromatic heterocycles. The largest absolute Gasteiger partial charge is 0.508 e. The summed E-state index contributed by atoms with van der Waals surface area (Å²) in [6.07, 6.45) is -14.9. The van der Waals surface area contributed by atoms with Crippen LogP contribution in [0, 0.1) is 0 Å². The first-order valence-electron chi connectivity index (χ1n) is 7.24. The van der Waals surface area contributed by atoms with E-state index in [1.807, 2.05) is 0 Å². The summed E-state index contributed by atoms with van der Waals surface area (Å²) in [5, 5.41) is 8.88. The lowest BCUT2D eigenvalue weighted by Crippen LogP contribution is -2.72. The van der Waals surface area contributed by atoms with Crippen LogP contribution in [0.3, 0.4) is 0 Å². The van der Waals surface area contributed by atoms with Crippen molar-refractivity contribution >= 4 is 5.97 Å². The van der Waals surface area contributed by atoms with E-state index < -0.39 is 59.2 Å². The zero-order chi connectivity index (χ0) is 25.8. The highest BCUT2D eigenvalue weighted by Gasteiger charge is 2.94. The number of benzene rings is 1. The monoisotopic (exact) mass is 506 g/mol. The second kappa shape index (κ2) is 7.50. The zero-order valence-corrected chi connectivity index (χ0v) is 14.2. The van der Waals surface area contributed by atoms with Gasteiger partial charge in [-0.1, -0.05) is 0 Å². The van der Waals surface area contributed by atoms with Gasteiger partial charge in [-0.3, -0.25) is 0 Å². The third-order valence-corrected chi connectivity index (χ3v) is 3.62. The molecule has 0 unspecified atom stereocenters. The van der Waals surface area contributed by atoms with Crippen molar-refractivity contribution in [2.75, 3.05) is 0 Å². The number of alkyl halides is 15. The molecule has 0 fully saturated rings. The van der Waals surface area contributed by atoms with Gasteiger partial charge in [0.15, 0.2) is 0 Å². The fraction of sp³-hybridized carbons (Fsp3) is 0.500. The molecule has 0 amide bonds. The third kappa shape index (κ3) is 3.87. The van der Waals surface area contributed by atoms with Gasteiger partial charge in [0.05, 0.1) is 5.56 Å². The quantitative estimate of drug-likeness (QED) is 0.371. The van der Waals surface area contributed by atoms with Crippen LogP contribution in [-0.2, 0) is 4.74 Å². The molecule has 0 bridgehead atoms. The van der Waals surface area contributed by atoms with E-state index in [0.717, 1.165) is 0 Å². The van der Waals surface area contributed by atoms with Gasteiger partial charge in [-0.05, 0) is 24.3 Å². The molecule has 0 aliphatic carbocycles. The first kappa shape index (κ1) is 27.5. The third-order valence-electron chi connectivity index (χ3n) is 3.62. The summed E-state index contributed by atoms with van der Waals surface area (Å²) < 4.78 is 197. The fourth-order valence-corrected chi connectivity index (χ4v) is 1.79. The number of aromatic hydroxyl groups is 1. The van der Waals surface area contributed by atoms with Gasteiger partial charge in [0, 0.05) is 0 Å². The number of rotatable bonds is 7. The van der Waals surface area contributed by atoms with E-state index in [1.165, 1.54) is 0 Å². The van der Waals surface area contributed by atoms with E-state index in [2.05, 4.69) is 4.74 Å². The van der Waals surface area contributed by atoms with E-state index >= 15 is 0 Å².